The average molecular weight is 668 g/mol. The normalized spacial score (nSPS) is 15.9. The molecule has 0 amide bonds. The summed E-state index contributed by atoms with van der Waals surface area (Å²) in [4.78, 5) is 2.62. The van der Waals surface area contributed by atoms with Gasteiger partial charge in [0.15, 0.2) is 0 Å². The number of nitrogens with zero attached hydrogens (tertiary/aromatic N) is 1. The number of methoxy groups -OCH3 is 2. The van der Waals surface area contributed by atoms with Gasteiger partial charge in [-0.1, -0.05) is 54.4 Å². The smallest absolute Gasteiger partial charge is 0.297 e. The summed E-state index contributed by atoms with van der Waals surface area (Å²) in [7, 11) is -0.865. The maximum Gasteiger partial charge on any atom is 0.297 e. The molecule has 1 heterocycles. The maximum absolute atomic E-state index is 14.0. The number of allylic oxidation sites excluding steroid dienone is 1. The van der Waals surface area contributed by atoms with Gasteiger partial charge < -0.3 is 19.1 Å². The molecule has 1 saturated heterocycles. The zero-order valence-electron chi connectivity index (χ0n) is 28.1. The molecule has 0 aromatic heterocycles. The molecule has 1 unspecified atom stereocenters. The summed E-state index contributed by atoms with van der Waals surface area (Å²) in [5, 5.41) is 0. The largest absolute Gasteiger partial charge is 0.497 e. The summed E-state index contributed by atoms with van der Waals surface area (Å²) in [6.45, 7) is 5.93. The number of aryl methyl sites for hydroxylation is 2. The van der Waals surface area contributed by atoms with Crippen LogP contribution < -0.4 is 14.2 Å². The Morgan fingerprint density at radius 1 is 0.771 bits per heavy atom. The van der Waals surface area contributed by atoms with Gasteiger partial charge >= 0.3 is 0 Å². The predicted octanol–water partition coefficient (Wildman–Crippen LogP) is 8.27. The first-order valence-electron chi connectivity index (χ1n) is 16.8. The second kappa shape index (κ2) is 15.4. The van der Waals surface area contributed by atoms with Crippen LogP contribution in [-0.2, 0) is 20.7 Å². The zero-order valence-corrected chi connectivity index (χ0v) is 28.9. The highest BCUT2D eigenvalue weighted by Crippen LogP contribution is 2.47. The van der Waals surface area contributed by atoms with Gasteiger partial charge in [0.1, 0.15) is 23.4 Å². The Bertz CT molecular complexity index is 1830. The Balaban J connectivity index is 1.39. The lowest BCUT2D eigenvalue weighted by Gasteiger charge is -2.30. The molecule has 48 heavy (non-hydrogen) atoms. The minimum atomic E-state index is -4.17. The molecule has 1 atom stereocenters. The maximum atomic E-state index is 14.0. The van der Waals surface area contributed by atoms with Crippen LogP contribution in [0, 0.1) is 6.92 Å². The van der Waals surface area contributed by atoms with E-state index in [1.807, 2.05) is 73.7 Å². The Morgan fingerprint density at radius 2 is 1.48 bits per heavy atom. The first kappa shape index (κ1) is 33.8. The summed E-state index contributed by atoms with van der Waals surface area (Å²) in [6, 6.07) is 28.3. The van der Waals surface area contributed by atoms with E-state index in [0.29, 0.717) is 18.6 Å². The highest BCUT2D eigenvalue weighted by atomic mass is 32.2. The quantitative estimate of drug-likeness (QED) is 0.105. The monoisotopic (exact) mass is 667 g/mol. The molecule has 1 fully saturated rings. The molecule has 6 rings (SSSR count). The third-order valence-corrected chi connectivity index (χ3v) is 10.6. The summed E-state index contributed by atoms with van der Waals surface area (Å²) in [6.07, 6.45) is 5.36. The Hall–Kier alpha value is -4.11. The van der Waals surface area contributed by atoms with Crippen LogP contribution in [0.3, 0.4) is 0 Å². The molecule has 0 N–H and O–H groups in total. The van der Waals surface area contributed by atoms with Gasteiger partial charge in [-0.05, 0) is 134 Å². The first-order valence-corrected chi connectivity index (χ1v) is 18.3. The van der Waals surface area contributed by atoms with E-state index >= 15 is 0 Å². The van der Waals surface area contributed by atoms with E-state index in [-0.39, 0.29) is 4.90 Å². The van der Waals surface area contributed by atoms with Gasteiger partial charge in [-0.3, -0.25) is 4.18 Å². The van der Waals surface area contributed by atoms with Crippen LogP contribution in [0.5, 0.6) is 17.2 Å². The summed E-state index contributed by atoms with van der Waals surface area (Å²) in [5.74, 6) is 2.23. The van der Waals surface area contributed by atoms with Crippen molar-refractivity contribution in [1.82, 2.24) is 4.90 Å². The van der Waals surface area contributed by atoms with E-state index in [0.717, 1.165) is 70.0 Å². The molecular weight excluding hydrogens is 623 g/mol. The standard InChI is InChI=1S/C40H45NO6S/c1-29-11-19-36(20-12-29)48(42,43)47-40(30-13-16-33(17-14-30)46-26-8-25-41-23-5-4-6-24-41)39-37(31-9-7-10-34(27-31)44-2)21-15-32-28-35(45-3)18-22-38(32)39/h7,9-14,16-20,22,27-28,40H,4-6,8,15,21,23-26H2,1-3H3. The van der Waals surface area contributed by atoms with Crippen molar-refractivity contribution in [2.75, 3.05) is 40.5 Å². The van der Waals surface area contributed by atoms with Crippen LogP contribution >= 0.6 is 0 Å². The lowest BCUT2D eigenvalue weighted by atomic mass is 9.79. The number of benzene rings is 4. The topological polar surface area (TPSA) is 74.3 Å². The molecule has 252 valence electrons. The Kier molecular flexibility index (Phi) is 10.8. The van der Waals surface area contributed by atoms with Crippen LogP contribution in [0.25, 0.3) is 11.1 Å². The summed E-state index contributed by atoms with van der Waals surface area (Å²) >= 11 is 0. The van der Waals surface area contributed by atoms with Crippen LogP contribution in [0.4, 0.5) is 0 Å². The van der Waals surface area contributed by atoms with E-state index < -0.39 is 16.2 Å². The molecule has 4 aromatic carbocycles. The lowest BCUT2D eigenvalue weighted by molar-refractivity contribution is 0.205. The number of likely N-dealkylation sites (tertiary alicyclic amines) is 1. The van der Waals surface area contributed by atoms with Gasteiger partial charge in [-0.2, -0.15) is 8.42 Å². The van der Waals surface area contributed by atoms with E-state index in [9.17, 15) is 8.42 Å². The molecule has 0 radical (unpaired) electrons. The van der Waals surface area contributed by atoms with Gasteiger partial charge in [0, 0.05) is 6.54 Å². The van der Waals surface area contributed by atoms with Crippen molar-refractivity contribution in [3.05, 3.63) is 119 Å². The van der Waals surface area contributed by atoms with E-state index in [1.165, 1.54) is 32.4 Å². The fourth-order valence-corrected chi connectivity index (χ4v) is 7.73. The minimum Gasteiger partial charge on any atom is -0.497 e. The second-order valence-corrected chi connectivity index (χ2v) is 14.1. The van der Waals surface area contributed by atoms with Crippen molar-refractivity contribution < 1.29 is 26.8 Å². The molecule has 0 spiro atoms. The minimum absolute atomic E-state index is 0.112. The molecule has 0 saturated carbocycles. The summed E-state index contributed by atoms with van der Waals surface area (Å²) in [5.41, 5.74) is 6.46. The van der Waals surface area contributed by atoms with E-state index in [2.05, 4.69) is 4.90 Å². The molecule has 2 aliphatic rings. The van der Waals surface area contributed by atoms with Crippen molar-refractivity contribution in [3.63, 3.8) is 0 Å². The van der Waals surface area contributed by atoms with Crippen LogP contribution in [0.15, 0.2) is 95.9 Å². The SMILES string of the molecule is COc1cccc(C2=C(C(OS(=O)(=O)c3ccc(C)cc3)c3ccc(OCCCN4CCCCC4)cc3)c3ccc(OC)cc3CC2)c1. The highest BCUT2D eigenvalue weighted by molar-refractivity contribution is 7.86. The van der Waals surface area contributed by atoms with Crippen molar-refractivity contribution >= 4 is 21.3 Å². The van der Waals surface area contributed by atoms with Crippen molar-refractivity contribution in [3.8, 4) is 17.2 Å². The molecular formula is C40H45NO6S. The van der Waals surface area contributed by atoms with E-state index in [1.54, 1.807) is 38.5 Å². The van der Waals surface area contributed by atoms with Gasteiger partial charge in [0.25, 0.3) is 10.1 Å². The van der Waals surface area contributed by atoms with Gasteiger partial charge in [-0.25, -0.2) is 0 Å². The highest BCUT2D eigenvalue weighted by Gasteiger charge is 2.33. The number of hydrogen-bond donors (Lipinski definition) is 0. The van der Waals surface area contributed by atoms with Gasteiger partial charge in [0.2, 0.25) is 0 Å². The van der Waals surface area contributed by atoms with Crippen LogP contribution in [-0.4, -0.2) is 53.8 Å². The third-order valence-electron chi connectivity index (χ3n) is 9.30. The summed E-state index contributed by atoms with van der Waals surface area (Å²) < 4.78 is 51.6. The number of ether oxygens (including phenoxy) is 3. The first-order chi connectivity index (χ1) is 23.3. The molecule has 4 aromatic rings. The number of rotatable bonds is 13. The Labute approximate surface area is 285 Å². The molecule has 1 aliphatic carbocycles. The predicted molar refractivity (Wildman–Crippen MR) is 190 cm³/mol. The van der Waals surface area contributed by atoms with E-state index in [4.69, 9.17) is 18.4 Å². The van der Waals surface area contributed by atoms with Crippen molar-refractivity contribution in [1.29, 1.82) is 0 Å². The fraction of sp³-hybridized carbons (Fsp3) is 0.350. The average Bonchev–Trinajstić information content (AvgIpc) is 3.12. The Morgan fingerprint density at radius 3 is 2.21 bits per heavy atom. The zero-order chi connectivity index (χ0) is 33.5. The lowest BCUT2D eigenvalue weighted by Crippen LogP contribution is -2.31. The van der Waals surface area contributed by atoms with Gasteiger partial charge in [0.05, 0.1) is 25.7 Å². The van der Waals surface area contributed by atoms with Gasteiger partial charge in [-0.15, -0.1) is 0 Å². The van der Waals surface area contributed by atoms with Crippen LogP contribution in [0.1, 0.15) is 66.0 Å². The van der Waals surface area contributed by atoms with Crippen LogP contribution in [0.2, 0.25) is 0 Å². The number of hydrogen-bond acceptors (Lipinski definition) is 7. The molecule has 1 aliphatic heterocycles. The molecule has 8 heteroatoms. The second-order valence-electron chi connectivity index (χ2n) is 12.6. The van der Waals surface area contributed by atoms with Crippen molar-refractivity contribution in [2.24, 2.45) is 0 Å². The number of fused-ring (bicyclic) bond motifs is 1. The number of piperidine rings is 1. The third kappa shape index (κ3) is 7.95. The van der Waals surface area contributed by atoms with Crippen molar-refractivity contribution in [2.45, 2.75) is 56.4 Å². The molecule has 7 nitrogen and oxygen atoms in total. The fourth-order valence-electron chi connectivity index (χ4n) is 6.69. The molecule has 0 bridgehead atoms.